The van der Waals surface area contributed by atoms with Crippen molar-refractivity contribution in [1.29, 1.82) is 0 Å². The molecule has 1 atom stereocenters. The van der Waals surface area contributed by atoms with E-state index in [1.165, 1.54) is 17.7 Å². The summed E-state index contributed by atoms with van der Waals surface area (Å²) >= 11 is 0. The summed E-state index contributed by atoms with van der Waals surface area (Å²) in [5.41, 5.74) is 0. The second-order valence-corrected chi connectivity index (χ2v) is 4.63. The van der Waals surface area contributed by atoms with E-state index in [0.717, 1.165) is 12.8 Å². The molecule has 0 aliphatic heterocycles. The zero-order valence-corrected chi connectivity index (χ0v) is 10.6. The highest BCUT2D eigenvalue weighted by Crippen LogP contribution is 2.17. The number of hydrogen-bond donors (Lipinski definition) is 2. The minimum Gasteiger partial charge on any atom is -0.480 e. The summed E-state index contributed by atoms with van der Waals surface area (Å²) in [6, 6.07) is -0.287. The number of nitrogens with zero attached hydrogens (tertiary/aromatic N) is 1. The zero-order chi connectivity index (χ0) is 12.8. The molecule has 0 radical (unpaired) electrons. The van der Waals surface area contributed by atoms with Gasteiger partial charge >= 0.3 is 5.97 Å². The average molecular weight is 242 g/mol. The van der Waals surface area contributed by atoms with Crippen LogP contribution in [-0.4, -0.2) is 47.6 Å². The van der Waals surface area contributed by atoms with Crippen molar-refractivity contribution in [3.8, 4) is 0 Å². The van der Waals surface area contributed by atoms with Crippen molar-refractivity contribution < 1.29 is 14.7 Å². The topological polar surface area (TPSA) is 69.6 Å². The normalized spacial score (nSPS) is 18.0. The van der Waals surface area contributed by atoms with Gasteiger partial charge in [0.25, 0.3) is 0 Å². The van der Waals surface area contributed by atoms with Gasteiger partial charge in [-0.05, 0) is 19.3 Å². The molecular weight excluding hydrogens is 220 g/mol. The van der Waals surface area contributed by atoms with Crippen LogP contribution in [0, 0.1) is 0 Å². The number of hydrogen-bond acceptors (Lipinski definition) is 3. The molecule has 1 rings (SSSR count). The molecule has 0 heterocycles. The summed E-state index contributed by atoms with van der Waals surface area (Å²) in [4.78, 5) is 24.1. The standard InChI is InChI=1S/C12H22N2O3/c1-3-10(12(16)17)14(2)11(15)8-13-9-6-4-5-7-9/h9-10,13H,3-8H2,1-2H3,(H,16,17). The van der Waals surface area contributed by atoms with Gasteiger partial charge in [-0.3, -0.25) is 4.79 Å². The summed E-state index contributed by atoms with van der Waals surface area (Å²) in [7, 11) is 1.56. The summed E-state index contributed by atoms with van der Waals surface area (Å²) in [5, 5.41) is 12.2. The first kappa shape index (κ1) is 14.0. The molecule has 0 spiro atoms. The van der Waals surface area contributed by atoms with Gasteiger partial charge < -0.3 is 15.3 Å². The van der Waals surface area contributed by atoms with Crippen molar-refractivity contribution in [3.63, 3.8) is 0 Å². The molecule has 1 aliphatic carbocycles. The maximum absolute atomic E-state index is 11.8. The van der Waals surface area contributed by atoms with E-state index in [4.69, 9.17) is 5.11 Å². The van der Waals surface area contributed by atoms with Gasteiger partial charge in [0.2, 0.25) is 5.91 Å². The molecule has 1 aliphatic rings. The molecule has 2 N–H and O–H groups in total. The van der Waals surface area contributed by atoms with Gasteiger partial charge in [0.15, 0.2) is 0 Å². The van der Waals surface area contributed by atoms with Crippen molar-refractivity contribution in [2.75, 3.05) is 13.6 Å². The molecule has 5 nitrogen and oxygen atoms in total. The summed E-state index contributed by atoms with van der Waals surface area (Å²) < 4.78 is 0. The van der Waals surface area contributed by atoms with Crippen molar-refractivity contribution in [1.82, 2.24) is 10.2 Å². The molecule has 0 saturated heterocycles. The van der Waals surface area contributed by atoms with E-state index in [0.29, 0.717) is 12.5 Å². The van der Waals surface area contributed by atoms with Crippen molar-refractivity contribution in [2.45, 2.75) is 51.1 Å². The lowest BCUT2D eigenvalue weighted by Crippen LogP contribution is -2.46. The molecular formula is C12H22N2O3. The smallest absolute Gasteiger partial charge is 0.326 e. The Labute approximate surface area is 102 Å². The van der Waals surface area contributed by atoms with E-state index < -0.39 is 12.0 Å². The van der Waals surface area contributed by atoms with Crippen LogP contribution in [0.2, 0.25) is 0 Å². The predicted octanol–water partition coefficient (Wildman–Crippen LogP) is 0.840. The van der Waals surface area contributed by atoms with Crippen molar-refractivity contribution >= 4 is 11.9 Å². The highest BCUT2D eigenvalue weighted by molar-refractivity contribution is 5.84. The lowest BCUT2D eigenvalue weighted by atomic mass is 10.2. The van der Waals surface area contributed by atoms with Crippen LogP contribution in [-0.2, 0) is 9.59 Å². The number of carboxylic acid groups (broad SMARTS) is 1. The number of rotatable bonds is 6. The first-order chi connectivity index (χ1) is 8.06. The Morgan fingerprint density at radius 2 is 2.00 bits per heavy atom. The van der Waals surface area contributed by atoms with E-state index in [1.54, 1.807) is 14.0 Å². The van der Waals surface area contributed by atoms with E-state index in [-0.39, 0.29) is 12.5 Å². The average Bonchev–Trinajstić information content (AvgIpc) is 2.78. The fourth-order valence-electron chi connectivity index (χ4n) is 2.27. The number of likely N-dealkylation sites (N-methyl/N-ethyl adjacent to an activating group) is 1. The van der Waals surface area contributed by atoms with Gasteiger partial charge in [-0.25, -0.2) is 4.79 Å². The highest BCUT2D eigenvalue weighted by Gasteiger charge is 2.25. The van der Waals surface area contributed by atoms with Crippen LogP contribution in [0.25, 0.3) is 0 Å². The van der Waals surface area contributed by atoms with Crippen LogP contribution in [0.5, 0.6) is 0 Å². The quantitative estimate of drug-likeness (QED) is 0.724. The predicted molar refractivity (Wildman–Crippen MR) is 64.7 cm³/mol. The Morgan fingerprint density at radius 1 is 1.41 bits per heavy atom. The lowest BCUT2D eigenvalue weighted by Gasteiger charge is -2.24. The number of carbonyl (C=O) groups is 2. The SMILES string of the molecule is CCC(C(=O)O)N(C)C(=O)CNC1CCCC1. The first-order valence-corrected chi connectivity index (χ1v) is 6.28. The number of aliphatic carboxylic acids is 1. The maximum atomic E-state index is 11.8. The van der Waals surface area contributed by atoms with E-state index in [9.17, 15) is 9.59 Å². The van der Waals surface area contributed by atoms with Crippen LogP contribution < -0.4 is 5.32 Å². The summed E-state index contributed by atoms with van der Waals surface area (Å²) in [6.45, 7) is 2.01. The third-order valence-corrected chi connectivity index (χ3v) is 3.43. The molecule has 1 fully saturated rings. The third kappa shape index (κ3) is 4.00. The monoisotopic (exact) mass is 242 g/mol. The van der Waals surface area contributed by atoms with Crippen LogP contribution in [0.15, 0.2) is 0 Å². The Hall–Kier alpha value is -1.10. The fraction of sp³-hybridized carbons (Fsp3) is 0.833. The Morgan fingerprint density at radius 3 is 2.47 bits per heavy atom. The molecule has 5 heteroatoms. The van der Waals surface area contributed by atoms with Gasteiger partial charge in [-0.15, -0.1) is 0 Å². The number of carboxylic acids is 1. The summed E-state index contributed by atoms with van der Waals surface area (Å²) in [5.74, 6) is -1.09. The van der Waals surface area contributed by atoms with Crippen LogP contribution in [0.4, 0.5) is 0 Å². The van der Waals surface area contributed by atoms with E-state index >= 15 is 0 Å². The van der Waals surface area contributed by atoms with E-state index in [1.807, 2.05) is 0 Å². The highest BCUT2D eigenvalue weighted by atomic mass is 16.4. The summed E-state index contributed by atoms with van der Waals surface area (Å²) in [6.07, 6.45) is 5.10. The van der Waals surface area contributed by atoms with Gasteiger partial charge in [0.05, 0.1) is 6.54 Å². The van der Waals surface area contributed by atoms with Gasteiger partial charge in [0.1, 0.15) is 6.04 Å². The minimum atomic E-state index is -0.941. The number of nitrogens with one attached hydrogen (secondary N) is 1. The van der Waals surface area contributed by atoms with Crippen LogP contribution in [0.3, 0.4) is 0 Å². The van der Waals surface area contributed by atoms with Gasteiger partial charge in [0, 0.05) is 13.1 Å². The maximum Gasteiger partial charge on any atom is 0.326 e. The molecule has 0 aromatic heterocycles. The molecule has 1 amide bonds. The van der Waals surface area contributed by atoms with Crippen LogP contribution >= 0.6 is 0 Å². The molecule has 0 aromatic carbocycles. The minimum absolute atomic E-state index is 0.147. The lowest BCUT2D eigenvalue weighted by molar-refractivity contribution is -0.148. The Bertz CT molecular complexity index is 275. The van der Waals surface area contributed by atoms with Crippen molar-refractivity contribution in [2.24, 2.45) is 0 Å². The molecule has 0 aromatic rings. The Kier molecular flexibility index (Phi) is 5.41. The molecule has 98 valence electrons. The van der Waals surface area contributed by atoms with Gasteiger partial charge in [-0.1, -0.05) is 19.8 Å². The molecule has 0 bridgehead atoms. The van der Waals surface area contributed by atoms with Crippen molar-refractivity contribution in [3.05, 3.63) is 0 Å². The number of amides is 1. The first-order valence-electron chi connectivity index (χ1n) is 6.28. The molecule has 1 unspecified atom stereocenters. The van der Waals surface area contributed by atoms with Crippen LogP contribution in [0.1, 0.15) is 39.0 Å². The molecule has 1 saturated carbocycles. The van der Waals surface area contributed by atoms with Gasteiger partial charge in [-0.2, -0.15) is 0 Å². The number of carbonyl (C=O) groups excluding carboxylic acids is 1. The third-order valence-electron chi connectivity index (χ3n) is 3.43. The fourth-order valence-corrected chi connectivity index (χ4v) is 2.27. The second-order valence-electron chi connectivity index (χ2n) is 4.63. The largest absolute Gasteiger partial charge is 0.480 e. The van der Waals surface area contributed by atoms with E-state index in [2.05, 4.69) is 5.32 Å². The molecule has 17 heavy (non-hydrogen) atoms. The second kappa shape index (κ2) is 6.59. The zero-order valence-electron chi connectivity index (χ0n) is 10.6. The Balaban J connectivity index is 2.37.